The third kappa shape index (κ3) is 2.75. The van der Waals surface area contributed by atoms with Crippen LogP contribution in [0, 0.1) is 0 Å². The molecule has 2 heterocycles. The third-order valence-corrected chi connectivity index (χ3v) is 3.58. The lowest BCUT2D eigenvalue weighted by atomic mass is 10.3. The molecule has 18 heavy (non-hydrogen) atoms. The number of hydrogen-bond donors (Lipinski definition) is 1. The highest BCUT2D eigenvalue weighted by atomic mass is 35.6. The maximum atomic E-state index is 11.1. The van der Waals surface area contributed by atoms with E-state index in [0.717, 1.165) is 11.3 Å². The van der Waals surface area contributed by atoms with Crippen LogP contribution in [-0.4, -0.2) is 21.0 Å². The number of alkyl halides is 3. The van der Waals surface area contributed by atoms with Crippen molar-refractivity contribution in [2.75, 3.05) is 0 Å². The number of thiazole rings is 1. The first kappa shape index (κ1) is 13.5. The standard InChI is InChI=1S/C10H5Cl3N2O2S/c11-10(12,13)7-6(9(16)17)18-8(15-7)5-3-1-2-4-14-5/h1-4H,(H,16,17). The van der Waals surface area contributed by atoms with Crippen LogP contribution >= 0.6 is 46.1 Å². The molecule has 0 aliphatic carbocycles. The first-order valence-corrected chi connectivity index (χ1v) is 6.57. The molecule has 0 aromatic carbocycles. The van der Waals surface area contributed by atoms with E-state index in [1.54, 1.807) is 24.4 Å². The number of halogens is 3. The second-order valence-corrected chi connectivity index (χ2v) is 6.49. The van der Waals surface area contributed by atoms with Crippen LogP contribution in [0.5, 0.6) is 0 Å². The van der Waals surface area contributed by atoms with Crippen LogP contribution in [-0.2, 0) is 3.79 Å². The van der Waals surface area contributed by atoms with Gasteiger partial charge in [0.25, 0.3) is 0 Å². The summed E-state index contributed by atoms with van der Waals surface area (Å²) in [6.45, 7) is 0. The zero-order chi connectivity index (χ0) is 13.3. The molecule has 0 spiro atoms. The summed E-state index contributed by atoms with van der Waals surface area (Å²) in [7, 11) is 0. The summed E-state index contributed by atoms with van der Waals surface area (Å²) in [5, 5.41) is 9.46. The molecule has 94 valence electrons. The smallest absolute Gasteiger partial charge is 0.348 e. The molecule has 0 unspecified atom stereocenters. The summed E-state index contributed by atoms with van der Waals surface area (Å²) in [5.74, 6) is -1.18. The lowest BCUT2D eigenvalue weighted by Gasteiger charge is -2.07. The first-order valence-electron chi connectivity index (χ1n) is 4.62. The average molecular weight is 324 g/mol. The van der Waals surface area contributed by atoms with Crippen LogP contribution in [0.25, 0.3) is 10.7 Å². The molecule has 0 amide bonds. The Bertz CT molecular complexity index is 581. The number of rotatable bonds is 2. The van der Waals surface area contributed by atoms with Crippen molar-refractivity contribution in [1.82, 2.24) is 9.97 Å². The van der Waals surface area contributed by atoms with Gasteiger partial charge in [-0.2, -0.15) is 0 Å². The highest BCUT2D eigenvalue weighted by molar-refractivity contribution is 7.17. The van der Waals surface area contributed by atoms with Crippen molar-refractivity contribution in [3.8, 4) is 10.7 Å². The average Bonchev–Trinajstić information content (AvgIpc) is 2.74. The van der Waals surface area contributed by atoms with Crippen LogP contribution in [0.3, 0.4) is 0 Å². The van der Waals surface area contributed by atoms with Crippen molar-refractivity contribution in [1.29, 1.82) is 0 Å². The van der Waals surface area contributed by atoms with Crippen molar-refractivity contribution >= 4 is 52.1 Å². The number of carboxylic acid groups (broad SMARTS) is 1. The summed E-state index contributed by atoms with van der Waals surface area (Å²) >= 11 is 18.0. The monoisotopic (exact) mass is 322 g/mol. The van der Waals surface area contributed by atoms with E-state index >= 15 is 0 Å². The zero-order valence-electron chi connectivity index (χ0n) is 8.60. The number of hydrogen-bond acceptors (Lipinski definition) is 4. The Hall–Kier alpha value is -0.880. The second kappa shape index (κ2) is 5.01. The molecule has 1 N–H and O–H groups in total. The predicted molar refractivity (Wildman–Crippen MR) is 71.5 cm³/mol. The maximum Gasteiger partial charge on any atom is 0.348 e. The van der Waals surface area contributed by atoms with Gasteiger partial charge in [0, 0.05) is 6.20 Å². The largest absolute Gasteiger partial charge is 0.477 e. The summed E-state index contributed by atoms with van der Waals surface area (Å²) in [5.41, 5.74) is 0.441. The van der Waals surface area contributed by atoms with Gasteiger partial charge in [0.2, 0.25) is 3.79 Å². The van der Waals surface area contributed by atoms with Gasteiger partial charge in [-0.05, 0) is 12.1 Å². The van der Waals surface area contributed by atoms with Crippen LogP contribution < -0.4 is 0 Å². The molecular formula is C10H5Cl3N2O2S. The van der Waals surface area contributed by atoms with Gasteiger partial charge in [0.15, 0.2) is 0 Å². The third-order valence-electron chi connectivity index (χ3n) is 1.97. The number of carbonyl (C=O) groups is 1. The van der Waals surface area contributed by atoms with Crippen LogP contribution in [0.1, 0.15) is 15.4 Å². The highest BCUT2D eigenvalue weighted by Gasteiger charge is 2.33. The Morgan fingerprint density at radius 2 is 2.06 bits per heavy atom. The van der Waals surface area contributed by atoms with Gasteiger partial charge in [-0.1, -0.05) is 40.9 Å². The molecule has 8 heteroatoms. The molecule has 2 rings (SSSR count). The molecule has 0 aliphatic rings. The topological polar surface area (TPSA) is 63.1 Å². The molecule has 0 fully saturated rings. The summed E-state index contributed by atoms with van der Waals surface area (Å²) in [6.07, 6.45) is 1.58. The van der Waals surface area contributed by atoms with Crippen LogP contribution in [0.4, 0.5) is 0 Å². The SMILES string of the molecule is O=C(O)c1sc(-c2ccccn2)nc1C(Cl)(Cl)Cl. The Balaban J connectivity index is 2.57. The molecule has 2 aromatic heterocycles. The van der Waals surface area contributed by atoms with Crippen molar-refractivity contribution < 1.29 is 9.90 Å². The van der Waals surface area contributed by atoms with Gasteiger partial charge < -0.3 is 5.11 Å². The van der Waals surface area contributed by atoms with Crippen molar-refractivity contribution in [3.05, 3.63) is 35.0 Å². The fourth-order valence-corrected chi connectivity index (χ4v) is 2.77. The minimum atomic E-state index is -1.88. The van der Waals surface area contributed by atoms with E-state index < -0.39 is 9.76 Å². The van der Waals surface area contributed by atoms with Crippen LogP contribution in [0.2, 0.25) is 0 Å². The van der Waals surface area contributed by atoms with Gasteiger partial charge in [0.05, 0.1) is 5.69 Å². The number of aromatic nitrogens is 2. The number of pyridine rings is 1. The van der Waals surface area contributed by atoms with E-state index in [1.165, 1.54) is 0 Å². The molecule has 0 saturated carbocycles. The fourth-order valence-electron chi connectivity index (χ4n) is 1.26. The normalized spacial score (nSPS) is 11.5. The Kier molecular flexibility index (Phi) is 3.77. The van der Waals surface area contributed by atoms with Gasteiger partial charge in [-0.15, -0.1) is 11.3 Å². The molecule has 2 aromatic rings. The van der Waals surface area contributed by atoms with Crippen LogP contribution in [0.15, 0.2) is 24.4 Å². The van der Waals surface area contributed by atoms with Gasteiger partial charge in [0.1, 0.15) is 15.6 Å². The summed E-state index contributed by atoms with van der Waals surface area (Å²) in [6, 6.07) is 5.21. The summed E-state index contributed by atoms with van der Waals surface area (Å²) < 4.78 is -1.88. The molecular weight excluding hydrogens is 319 g/mol. The van der Waals surface area contributed by atoms with Crippen molar-refractivity contribution in [2.24, 2.45) is 0 Å². The minimum Gasteiger partial charge on any atom is -0.477 e. The van der Waals surface area contributed by atoms with E-state index in [0.29, 0.717) is 10.7 Å². The molecule has 0 atom stereocenters. The second-order valence-electron chi connectivity index (χ2n) is 3.21. The lowest BCUT2D eigenvalue weighted by Crippen LogP contribution is -2.07. The van der Waals surface area contributed by atoms with E-state index in [1.807, 2.05) is 0 Å². The quantitative estimate of drug-likeness (QED) is 0.855. The lowest BCUT2D eigenvalue weighted by molar-refractivity contribution is 0.0701. The van der Waals surface area contributed by atoms with Gasteiger partial charge in [-0.25, -0.2) is 9.78 Å². The zero-order valence-corrected chi connectivity index (χ0v) is 11.7. The Morgan fingerprint density at radius 1 is 1.33 bits per heavy atom. The predicted octanol–water partition coefficient (Wildman–Crippen LogP) is 3.73. The van der Waals surface area contributed by atoms with E-state index in [4.69, 9.17) is 39.9 Å². The van der Waals surface area contributed by atoms with E-state index in [-0.39, 0.29) is 10.6 Å². The van der Waals surface area contributed by atoms with E-state index in [9.17, 15) is 4.79 Å². The van der Waals surface area contributed by atoms with E-state index in [2.05, 4.69) is 9.97 Å². The Morgan fingerprint density at radius 3 is 2.50 bits per heavy atom. The molecule has 0 saturated heterocycles. The van der Waals surface area contributed by atoms with Gasteiger partial charge >= 0.3 is 5.97 Å². The van der Waals surface area contributed by atoms with Crippen molar-refractivity contribution in [2.45, 2.75) is 3.79 Å². The molecule has 0 radical (unpaired) electrons. The number of aromatic carboxylic acids is 1. The maximum absolute atomic E-state index is 11.1. The first-order chi connectivity index (χ1) is 8.39. The highest BCUT2D eigenvalue weighted by Crippen LogP contribution is 2.42. The minimum absolute atomic E-state index is 0.0920. The molecule has 4 nitrogen and oxygen atoms in total. The van der Waals surface area contributed by atoms with Gasteiger partial charge in [-0.3, -0.25) is 4.98 Å². The Labute approximate surface area is 121 Å². The molecule has 0 aliphatic heterocycles. The van der Waals surface area contributed by atoms with Crippen molar-refractivity contribution in [3.63, 3.8) is 0 Å². The summed E-state index contributed by atoms with van der Waals surface area (Å²) in [4.78, 5) is 19.1. The molecule has 0 bridgehead atoms. The fraction of sp³-hybridized carbons (Fsp3) is 0.100. The number of carboxylic acids is 1. The number of nitrogens with zero attached hydrogens (tertiary/aromatic N) is 2.